The predicted octanol–water partition coefficient (Wildman–Crippen LogP) is 3.52. The van der Waals surface area contributed by atoms with Crippen LogP contribution in [-0.4, -0.2) is 24.6 Å². The molecule has 2 aliphatic rings. The molecule has 0 spiro atoms. The molecule has 0 radical (unpaired) electrons. The first-order chi connectivity index (χ1) is 10.3. The fourth-order valence-corrected chi connectivity index (χ4v) is 4.12. The standard InChI is InChI=1S/C18H29N3/c1-3-19-11-15-10-14(2)18(20-12-15)21-9-8-16-6-4-5-7-17(16)13-21/h10,12,16-17,19H,3-9,11,13H2,1-2H3. The van der Waals surface area contributed by atoms with Crippen LogP contribution in [0, 0.1) is 18.8 Å². The molecule has 2 fully saturated rings. The topological polar surface area (TPSA) is 28.2 Å². The zero-order valence-corrected chi connectivity index (χ0v) is 13.6. The first-order valence-electron chi connectivity index (χ1n) is 8.69. The van der Waals surface area contributed by atoms with Crippen molar-refractivity contribution in [2.75, 3.05) is 24.5 Å². The molecule has 1 aliphatic carbocycles. The van der Waals surface area contributed by atoms with Gasteiger partial charge in [-0.15, -0.1) is 0 Å². The van der Waals surface area contributed by atoms with Crippen LogP contribution in [0.1, 0.15) is 50.2 Å². The summed E-state index contributed by atoms with van der Waals surface area (Å²) < 4.78 is 0. The Morgan fingerprint density at radius 1 is 1.24 bits per heavy atom. The molecular formula is C18H29N3. The molecule has 1 aliphatic heterocycles. The zero-order chi connectivity index (χ0) is 14.7. The molecule has 0 bridgehead atoms. The van der Waals surface area contributed by atoms with E-state index in [4.69, 9.17) is 4.98 Å². The summed E-state index contributed by atoms with van der Waals surface area (Å²) in [5.74, 6) is 3.12. The van der Waals surface area contributed by atoms with Crippen LogP contribution in [0.15, 0.2) is 12.3 Å². The smallest absolute Gasteiger partial charge is 0.131 e. The van der Waals surface area contributed by atoms with E-state index in [1.54, 1.807) is 0 Å². The van der Waals surface area contributed by atoms with Crippen LogP contribution >= 0.6 is 0 Å². The van der Waals surface area contributed by atoms with Crippen molar-refractivity contribution in [2.45, 2.75) is 52.5 Å². The van der Waals surface area contributed by atoms with Crippen molar-refractivity contribution in [3.8, 4) is 0 Å². The van der Waals surface area contributed by atoms with E-state index in [2.05, 4.69) is 36.3 Å². The van der Waals surface area contributed by atoms with Crippen LogP contribution in [0.3, 0.4) is 0 Å². The predicted molar refractivity (Wildman–Crippen MR) is 88.6 cm³/mol. The van der Waals surface area contributed by atoms with Gasteiger partial charge in [-0.2, -0.15) is 0 Å². The average Bonchev–Trinajstić information content (AvgIpc) is 2.52. The maximum absolute atomic E-state index is 4.78. The Labute approximate surface area is 129 Å². The molecule has 2 heterocycles. The number of fused-ring (bicyclic) bond motifs is 1. The Kier molecular flexibility index (Phi) is 4.79. The quantitative estimate of drug-likeness (QED) is 0.918. The van der Waals surface area contributed by atoms with Gasteiger partial charge in [0.1, 0.15) is 5.82 Å². The zero-order valence-electron chi connectivity index (χ0n) is 13.6. The van der Waals surface area contributed by atoms with Crippen LogP contribution in [-0.2, 0) is 6.54 Å². The highest BCUT2D eigenvalue weighted by atomic mass is 15.2. The van der Waals surface area contributed by atoms with Crippen LogP contribution < -0.4 is 10.2 Å². The molecule has 1 saturated carbocycles. The number of hydrogen-bond donors (Lipinski definition) is 1. The fourth-order valence-electron chi connectivity index (χ4n) is 4.12. The highest BCUT2D eigenvalue weighted by Gasteiger charge is 2.31. The minimum atomic E-state index is 0.912. The molecule has 0 aromatic carbocycles. The summed E-state index contributed by atoms with van der Waals surface area (Å²) in [7, 11) is 0. The molecule has 21 heavy (non-hydrogen) atoms. The number of piperidine rings is 1. The monoisotopic (exact) mass is 287 g/mol. The minimum absolute atomic E-state index is 0.912. The third-order valence-corrected chi connectivity index (χ3v) is 5.28. The molecule has 3 heteroatoms. The number of rotatable bonds is 4. The van der Waals surface area contributed by atoms with E-state index in [1.165, 1.54) is 62.1 Å². The maximum atomic E-state index is 4.78. The van der Waals surface area contributed by atoms with Gasteiger partial charge in [0.05, 0.1) is 0 Å². The third kappa shape index (κ3) is 3.39. The highest BCUT2D eigenvalue weighted by molar-refractivity contribution is 5.48. The molecular weight excluding hydrogens is 258 g/mol. The number of anilines is 1. The van der Waals surface area contributed by atoms with Gasteiger partial charge in [0.25, 0.3) is 0 Å². The van der Waals surface area contributed by atoms with Gasteiger partial charge >= 0.3 is 0 Å². The number of nitrogens with zero attached hydrogens (tertiary/aromatic N) is 2. The second-order valence-corrected chi connectivity index (χ2v) is 6.80. The number of aromatic nitrogens is 1. The number of nitrogens with one attached hydrogen (secondary N) is 1. The Hall–Kier alpha value is -1.09. The largest absolute Gasteiger partial charge is 0.356 e. The van der Waals surface area contributed by atoms with Gasteiger partial charge in [0.2, 0.25) is 0 Å². The molecule has 1 saturated heterocycles. The van der Waals surface area contributed by atoms with Gasteiger partial charge in [-0.05, 0) is 55.3 Å². The van der Waals surface area contributed by atoms with E-state index in [0.29, 0.717) is 0 Å². The molecule has 0 amide bonds. The number of hydrogen-bond acceptors (Lipinski definition) is 3. The van der Waals surface area contributed by atoms with Crippen LogP contribution in [0.4, 0.5) is 5.82 Å². The maximum Gasteiger partial charge on any atom is 0.131 e. The molecule has 3 rings (SSSR count). The van der Waals surface area contributed by atoms with E-state index >= 15 is 0 Å². The molecule has 116 valence electrons. The van der Waals surface area contributed by atoms with E-state index in [1.807, 2.05) is 0 Å². The van der Waals surface area contributed by atoms with Crippen molar-refractivity contribution in [3.05, 3.63) is 23.4 Å². The lowest BCUT2D eigenvalue weighted by Gasteiger charge is -2.42. The molecule has 1 aromatic heterocycles. The Balaban J connectivity index is 1.68. The average molecular weight is 287 g/mol. The van der Waals surface area contributed by atoms with E-state index in [0.717, 1.165) is 24.9 Å². The normalized spacial score (nSPS) is 25.7. The van der Waals surface area contributed by atoms with Crippen molar-refractivity contribution in [2.24, 2.45) is 11.8 Å². The van der Waals surface area contributed by atoms with Crippen LogP contribution in [0.5, 0.6) is 0 Å². The second kappa shape index (κ2) is 6.78. The first kappa shape index (κ1) is 14.8. The number of aryl methyl sites for hydroxylation is 1. The van der Waals surface area contributed by atoms with Gasteiger partial charge < -0.3 is 10.2 Å². The molecule has 1 aromatic rings. The van der Waals surface area contributed by atoms with E-state index < -0.39 is 0 Å². The summed E-state index contributed by atoms with van der Waals surface area (Å²) in [5, 5.41) is 3.37. The lowest BCUT2D eigenvalue weighted by atomic mass is 9.75. The second-order valence-electron chi connectivity index (χ2n) is 6.80. The molecule has 1 N–H and O–H groups in total. The first-order valence-corrected chi connectivity index (χ1v) is 8.69. The molecule has 2 atom stereocenters. The number of pyridine rings is 1. The fraction of sp³-hybridized carbons (Fsp3) is 0.722. The van der Waals surface area contributed by atoms with Gasteiger partial charge in [0.15, 0.2) is 0 Å². The summed E-state index contributed by atoms with van der Waals surface area (Å²) in [6.45, 7) is 8.71. The Morgan fingerprint density at radius 3 is 2.81 bits per heavy atom. The molecule has 3 nitrogen and oxygen atoms in total. The van der Waals surface area contributed by atoms with Crippen molar-refractivity contribution >= 4 is 5.82 Å². The Bertz CT molecular complexity index is 472. The van der Waals surface area contributed by atoms with E-state index in [-0.39, 0.29) is 0 Å². The van der Waals surface area contributed by atoms with Crippen molar-refractivity contribution < 1.29 is 0 Å². The molecule has 2 unspecified atom stereocenters. The SMILES string of the molecule is CCNCc1cnc(N2CCC3CCCCC3C2)c(C)c1. The van der Waals surface area contributed by atoms with Gasteiger partial charge in [-0.1, -0.05) is 26.2 Å². The van der Waals surface area contributed by atoms with Crippen LogP contribution in [0.2, 0.25) is 0 Å². The Morgan fingerprint density at radius 2 is 2.05 bits per heavy atom. The lowest BCUT2D eigenvalue weighted by Crippen LogP contribution is -2.42. The third-order valence-electron chi connectivity index (χ3n) is 5.28. The van der Waals surface area contributed by atoms with Crippen molar-refractivity contribution in [3.63, 3.8) is 0 Å². The minimum Gasteiger partial charge on any atom is -0.356 e. The highest BCUT2D eigenvalue weighted by Crippen LogP contribution is 2.37. The van der Waals surface area contributed by atoms with E-state index in [9.17, 15) is 0 Å². The summed E-state index contributed by atoms with van der Waals surface area (Å²) in [4.78, 5) is 7.32. The van der Waals surface area contributed by atoms with Crippen molar-refractivity contribution in [1.29, 1.82) is 0 Å². The van der Waals surface area contributed by atoms with Crippen molar-refractivity contribution in [1.82, 2.24) is 10.3 Å². The summed E-state index contributed by atoms with van der Waals surface area (Å²) in [6, 6.07) is 2.30. The summed E-state index contributed by atoms with van der Waals surface area (Å²) in [6.07, 6.45) is 9.20. The summed E-state index contributed by atoms with van der Waals surface area (Å²) >= 11 is 0. The van der Waals surface area contributed by atoms with Crippen LogP contribution in [0.25, 0.3) is 0 Å². The van der Waals surface area contributed by atoms with Gasteiger partial charge in [-0.3, -0.25) is 0 Å². The summed E-state index contributed by atoms with van der Waals surface area (Å²) in [5.41, 5.74) is 2.63. The van der Waals surface area contributed by atoms with Gasteiger partial charge in [0, 0.05) is 25.8 Å². The van der Waals surface area contributed by atoms with Gasteiger partial charge in [-0.25, -0.2) is 4.98 Å². The lowest BCUT2D eigenvalue weighted by molar-refractivity contribution is 0.202.